The zero-order valence-corrected chi connectivity index (χ0v) is 8.89. The van der Waals surface area contributed by atoms with E-state index in [2.05, 4.69) is 0 Å². The highest BCUT2D eigenvalue weighted by atomic mass is 35.5. The molecule has 0 saturated heterocycles. The summed E-state index contributed by atoms with van der Waals surface area (Å²) in [4.78, 5) is 23.6. The fourth-order valence-corrected chi connectivity index (χ4v) is 0.887. The Bertz CT molecular complexity index is 174. The van der Waals surface area contributed by atoms with Crippen LogP contribution in [-0.2, 0) is 9.59 Å². The van der Waals surface area contributed by atoms with Gasteiger partial charge in [-0.15, -0.1) is 12.4 Å². The highest BCUT2D eigenvalue weighted by Crippen LogP contribution is 1.92. The van der Waals surface area contributed by atoms with Gasteiger partial charge in [0.15, 0.2) is 0 Å². The molecule has 1 amide bonds. The Balaban J connectivity index is 0. The first kappa shape index (κ1) is 14.9. The van der Waals surface area contributed by atoms with Crippen LogP contribution in [0.1, 0.15) is 20.3 Å². The molecule has 0 fully saturated rings. The molecule has 0 aromatic rings. The summed E-state index contributed by atoms with van der Waals surface area (Å²) in [5.74, 6) is -0.754. The normalized spacial score (nSPS) is 8.85. The molecule has 0 aliphatic heterocycles. The molecule has 0 aliphatic rings. The van der Waals surface area contributed by atoms with E-state index >= 15 is 0 Å². The first-order valence-electron chi connectivity index (χ1n) is 4.19. The number of Topliss-reactive ketones (excluding diaryl/α,β-unsaturated/α-hetero) is 1. The lowest BCUT2D eigenvalue weighted by Crippen LogP contribution is -2.39. The van der Waals surface area contributed by atoms with Crippen molar-refractivity contribution < 1.29 is 9.59 Å². The first-order chi connectivity index (χ1) is 5.67. The molecular weight excluding hydrogens is 192 g/mol. The molecule has 0 rings (SSSR count). The second-order valence-corrected chi connectivity index (χ2v) is 2.45. The van der Waals surface area contributed by atoms with Crippen molar-refractivity contribution in [2.24, 2.45) is 5.73 Å². The van der Waals surface area contributed by atoms with Gasteiger partial charge in [-0.1, -0.05) is 6.92 Å². The van der Waals surface area contributed by atoms with Crippen LogP contribution in [0.3, 0.4) is 0 Å². The van der Waals surface area contributed by atoms with Gasteiger partial charge in [0, 0.05) is 26.1 Å². The van der Waals surface area contributed by atoms with Crippen molar-refractivity contribution in [1.82, 2.24) is 4.90 Å². The lowest BCUT2D eigenvalue weighted by atomic mass is 10.2. The third kappa shape index (κ3) is 4.85. The van der Waals surface area contributed by atoms with Crippen molar-refractivity contribution in [2.45, 2.75) is 20.3 Å². The topological polar surface area (TPSA) is 63.4 Å². The SMILES string of the molecule is CCC(=O)C(=O)N(CC)CCN.Cl. The second kappa shape index (κ2) is 8.01. The van der Waals surface area contributed by atoms with E-state index in [9.17, 15) is 9.59 Å². The average Bonchev–Trinajstić information content (AvgIpc) is 2.11. The molecule has 13 heavy (non-hydrogen) atoms. The molecule has 0 aliphatic carbocycles. The predicted molar refractivity (Wildman–Crippen MR) is 53.9 cm³/mol. The van der Waals surface area contributed by atoms with Gasteiger partial charge in [-0.05, 0) is 6.92 Å². The Labute approximate surface area is 84.9 Å². The van der Waals surface area contributed by atoms with E-state index in [1.165, 1.54) is 4.90 Å². The zero-order chi connectivity index (χ0) is 9.56. The van der Waals surface area contributed by atoms with Crippen LogP contribution in [0, 0.1) is 0 Å². The minimum Gasteiger partial charge on any atom is -0.335 e. The van der Waals surface area contributed by atoms with Crippen LogP contribution in [-0.4, -0.2) is 36.2 Å². The Morgan fingerprint density at radius 2 is 1.85 bits per heavy atom. The van der Waals surface area contributed by atoms with Crippen molar-refractivity contribution in [3.63, 3.8) is 0 Å². The number of nitrogens with two attached hydrogens (primary N) is 1. The average molecular weight is 209 g/mol. The van der Waals surface area contributed by atoms with Crippen LogP contribution in [0.15, 0.2) is 0 Å². The van der Waals surface area contributed by atoms with Gasteiger partial charge in [0.1, 0.15) is 0 Å². The summed E-state index contributed by atoms with van der Waals surface area (Å²) in [5, 5.41) is 0. The van der Waals surface area contributed by atoms with Gasteiger partial charge in [-0.25, -0.2) is 0 Å². The van der Waals surface area contributed by atoms with E-state index in [0.717, 1.165) is 0 Å². The fourth-order valence-electron chi connectivity index (χ4n) is 0.887. The maximum atomic E-state index is 11.2. The van der Waals surface area contributed by atoms with Crippen molar-refractivity contribution in [1.29, 1.82) is 0 Å². The summed E-state index contributed by atoms with van der Waals surface area (Å²) in [5.41, 5.74) is 5.28. The summed E-state index contributed by atoms with van der Waals surface area (Å²) in [7, 11) is 0. The largest absolute Gasteiger partial charge is 0.335 e. The number of amides is 1. The molecule has 0 atom stereocenters. The van der Waals surface area contributed by atoms with E-state index in [4.69, 9.17) is 5.73 Å². The van der Waals surface area contributed by atoms with E-state index in [-0.39, 0.29) is 24.6 Å². The van der Waals surface area contributed by atoms with Gasteiger partial charge in [0.25, 0.3) is 5.91 Å². The van der Waals surface area contributed by atoms with Crippen LogP contribution in [0.25, 0.3) is 0 Å². The third-order valence-corrected chi connectivity index (χ3v) is 1.63. The zero-order valence-electron chi connectivity index (χ0n) is 8.08. The quantitative estimate of drug-likeness (QED) is 0.657. The highest BCUT2D eigenvalue weighted by Gasteiger charge is 2.17. The van der Waals surface area contributed by atoms with Crippen molar-refractivity contribution in [2.75, 3.05) is 19.6 Å². The molecule has 0 bridgehead atoms. The van der Waals surface area contributed by atoms with Gasteiger partial charge >= 0.3 is 0 Å². The summed E-state index contributed by atoms with van der Waals surface area (Å²) >= 11 is 0. The highest BCUT2D eigenvalue weighted by molar-refractivity contribution is 6.35. The van der Waals surface area contributed by atoms with E-state index in [1.807, 2.05) is 6.92 Å². The molecule has 5 heteroatoms. The summed E-state index contributed by atoms with van der Waals surface area (Å²) < 4.78 is 0. The van der Waals surface area contributed by atoms with Crippen molar-refractivity contribution >= 4 is 24.1 Å². The monoisotopic (exact) mass is 208 g/mol. The number of carbonyl (C=O) groups excluding carboxylic acids is 2. The van der Waals surface area contributed by atoms with Crippen LogP contribution in [0.4, 0.5) is 0 Å². The van der Waals surface area contributed by atoms with Gasteiger partial charge in [-0.3, -0.25) is 9.59 Å². The summed E-state index contributed by atoms with van der Waals surface area (Å²) in [6, 6.07) is 0. The number of hydrogen-bond acceptors (Lipinski definition) is 3. The maximum absolute atomic E-state index is 11.2. The van der Waals surface area contributed by atoms with Crippen LogP contribution in [0.5, 0.6) is 0 Å². The third-order valence-electron chi connectivity index (χ3n) is 1.63. The Morgan fingerprint density at radius 3 is 2.15 bits per heavy atom. The second-order valence-electron chi connectivity index (χ2n) is 2.45. The molecule has 0 saturated carbocycles. The molecule has 0 aromatic heterocycles. The molecule has 2 N–H and O–H groups in total. The lowest BCUT2D eigenvalue weighted by molar-refractivity contribution is -0.144. The Kier molecular flexibility index (Phi) is 9.17. The molecule has 0 spiro atoms. The predicted octanol–water partition coefficient (Wildman–Crippen LogP) is 0.195. The number of hydrogen-bond donors (Lipinski definition) is 1. The van der Waals surface area contributed by atoms with Gasteiger partial charge in [-0.2, -0.15) is 0 Å². The molecular formula is C8H17ClN2O2. The van der Waals surface area contributed by atoms with E-state index in [0.29, 0.717) is 19.6 Å². The Morgan fingerprint density at radius 1 is 1.31 bits per heavy atom. The van der Waals surface area contributed by atoms with Gasteiger partial charge in [0.05, 0.1) is 0 Å². The van der Waals surface area contributed by atoms with Crippen LogP contribution < -0.4 is 5.73 Å². The number of nitrogens with zero attached hydrogens (tertiary/aromatic N) is 1. The van der Waals surface area contributed by atoms with Crippen molar-refractivity contribution in [3.05, 3.63) is 0 Å². The number of halogens is 1. The minimum absolute atomic E-state index is 0. The first-order valence-corrected chi connectivity index (χ1v) is 4.19. The standard InChI is InChI=1S/C8H16N2O2.ClH/c1-3-7(11)8(12)10(4-2)6-5-9;/h3-6,9H2,1-2H3;1H. The van der Waals surface area contributed by atoms with Gasteiger partial charge in [0.2, 0.25) is 5.78 Å². The fraction of sp³-hybridized carbons (Fsp3) is 0.750. The lowest BCUT2D eigenvalue weighted by Gasteiger charge is -2.18. The van der Waals surface area contributed by atoms with E-state index < -0.39 is 5.91 Å². The number of ketones is 1. The minimum atomic E-state index is -0.412. The Hall–Kier alpha value is -0.610. The number of carbonyl (C=O) groups is 2. The van der Waals surface area contributed by atoms with Crippen LogP contribution in [0.2, 0.25) is 0 Å². The summed E-state index contributed by atoms with van der Waals surface area (Å²) in [6.45, 7) is 4.91. The molecule has 0 radical (unpaired) electrons. The molecule has 0 aromatic carbocycles. The number of rotatable bonds is 5. The van der Waals surface area contributed by atoms with E-state index in [1.54, 1.807) is 6.92 Å². The molecule has 0 unspecified atom stereocenters. The van der Waals surface area contributed by atoms with Gasteiger partial charge < -0.3 is 10.6 Å². The van der Waals surface area contributed by atoms with Crippen molar-refractivity contribution in [3.8, 4) is 0 Å². The molecule has 4 nitrogen and oxygen atoms in total. The molecule has 0 heterocycles. The smallest absolute Gasteiger partial charge is 0.289 e. The molecule has 78 valence electrons. The number of likely N-dealkylation sites (N-methyl/N-ethyl adjacent to an activating group) is 1. The maximum Gasteiger partial charge on any atom is 0.289 e. The summed E-state index contributed by atoms with van der Waals surface area (Å²) in [6.07, 6.45) is 0.264. The van der Waals surface area contributed by atoms with Crippen LogP contribution >= 0.6 is 12.4 Å².